The highest BCUT2D eigenvalue weighted by Crippen LogP contribution is 2.25. The van der Waals surface area contributed by atoms with Gasteiger partial charge in [-0.2, -0.15) is 0 Å². The maximum atomic E-state index is 6.74. The van der Waals surface area contributed by atoms with Crippen LogP contribution in [0.1, 0.15) is 22.3 Å². The molecule has 4 nitrogen and oxygen atoms in total. The van der Waals surface area contributed by atoms with Gasteiger partial charge in [-0.05, 0) is 101 Å². The Morgan fingerprint density at radius 1 is 0.588 bits per heavy atom. The van der Waals surface area contributed by atoms with Crippen LogP contribution < -0.4 is 31.4 Å². The van der Waals surface area contributed by atoms with E-state index in [-0.39, 0.29) is 0 Å². The largest absolute Gasteiger partial charge is 0.497 e. The van der Waals surface area contributed by atoms with E-state index >= 15 is 0 Å². The lowest BCUT2D eigenvalue weighted by Gasteiger charge is -2.16. The Kier molecular flexibility index (Phi) is 6.60. The average molecular weight is 451 g/mol. The zero-order chi connectivity index (χ0) is 24.2. The number of hydrogen-bond donors (Lipinski definition) is 2. The van der Waals surface area contributed by atoms with E-state index < -0.39 is 0 Å². The van der Waals surface area contributed by atoms with E-state index in [1.54, 1.807) is 14.2 Å². The standard InChI is InChI=1S/C30H30N2O2/c1-19-20(2)30(32)28(18-22-7-15-26(34-4)16-8-22)27(17-21-5-13-25(33-3)14-6-21)29(19)23-9-11-24(31)12-10-23/h5-18H,31-32H2,1-4H3. The predicted octanol–water partition coefficient (Wildman–Crippen LogP) is 4.81. The smallest absolute Gasteiger partial charge is 0.118 e. The molecule has 0 bridgehead atoms. The molecule has 0 radical (unpaired) electrons. The summed E-state index contributed by atoms with van der Waals surface area (Å²) in [6.07, 6.45) is 4.32. The first kappa shape index (κ1) is 23.0. The van der Waals surface area contributed by atoms with E-state index in [0.717, 1.165) is 66.7 Å². The molecule has 4 aromatic rings. The fraction of sp³-hybridized carbons (Fsp3) is 0.133. The minimum absolute atomic E-state index is 0.735. The van der Waals surface area contributed by atoms with Gasteiger partial charge in [0.2, 0.25) is 0 Å². The summed E-state index contributed by atoms with van der Waals surface area (Å²) >= 11 is 0. The van der Waals surface area contributed by atoms with Crippen LogP contribution in [0.5, 0.6) is 11.5 Å². The van der Waals surface area contributed by atoms with Crippen LogP contribution in [0, 0.1) is 13.8 Å². The molecule has 0 fully saturated rings. The maximum Gasteiger partial charge on any atom is 0.118 e. The van der Waals surface area contributed by atoms with Crippen LogP contribution in [0.4, 0.5) is 11.4 Å². The van der Waals surface area contributed by atoms with E-state index in [1.807, 2.05) is 60.7 Å². The number of benzene rings is 4. The maximum absolute atomic E-state index is 6.74. The van der Waals surface area contributed by atoms with Crippen LogP contribution >= 0.6 is 0 Å². The van der Waals surface area contributed by atoms with Gasteiger partial charge in [-0.15, -0.1) is 0 Å². The predicted molar refractivity (Wildman–Crippen MR) is 143 cm³/mol. The van der Waals surface area contributed by atoms with Crippen molar-refractivity contribution >= 4 is 23.5 Å². The van der Waals surface area contributed by atoms with Crippen LogP contribution in [-0.4, -0.2) is 14.2 Å². The lowest BCUT2D eigenvalue weighted by Crippen LogP contribution is -2.32. The number of nitrogens with two attached hydrogens (primary N) is 2. The number of methoxy groups -OCH3 is 2. The third kappa shape index (κ3) is 4.62. The summed E-state index contributed by atoms with van der Waals surface area (Å²) in [6.45, 7) is 4.20. The Morgan fingerprint density at radius 3 is 1.53 bits per heavy atom. The van der Waals surface area contributed by atoms with Crippen LogP contribution in [0.15, 0.2) is 72.8 Å². The number of ether oxygens (including phenoxy) is 2. The lowest BCUT2D eigenvalue weighted by molar-refractivity contribution is 0.414. The first-order valence-corrected chi connectivity index (χ1v) is 11.2. The summed E-state index contributed by atoms with van der Waals surface area (Å²) < 4.78 is 10.7. The number of rotatable bonds is 5. The summed E-state index contributed by atoms with van der Waals surface area (Å²) in [5.74, 6) is 1.64. The van der Waals surface area contributed by atoms with Crippen molar-refractivity contribution in [2.75, 3.05) is 25.7 Å². The molecule has 0 unspecified atom stereocenters. The molecule has 4 rings (SSSR count). The van der Waals surface area contributed by atoms with Crippen molar-refractivity contribution in [3.63, 3.8) is 0 Å². The summed E-state index contributed by atoms with van der Waals surface area (Å²) in [5.41, 5.74) is 20.8. The second kappa shape index (κ2) is 9.75. The Balaban J connectivity index is 2.09. The Morgan fingerprint density at radius 2 is 1.06 bits per heavy atom. The van der Waals surface area contributed by atoms with Crippen LogP contribution in [-0.2, 0) is 0 Å². The number of nitrogen functional groups attached to an aromatic ring is 2. The zero-order valence-corrected chi connectivity index (χ0v) is 20.1. The molecule has 0 saturated carbocycles. The topological polar surface area (TPSA) is 70.5 Å². The van der Waals surface area contributed by atoms with Gasteiger partial charge >= 0.3 is 0 Å². The summed E-state index contributed by atoms with van der Waals surface area (Å²) in [5, 5.41) is 2.04. The lowest BCUT2D eigenvalue weighted by atomic mass is 9.90. The Labute approximate surface area is 200 Å². The SMILES string of the molecule is COc1ccc(C=c2c(N)c(C)c(C)c(-c3ccc(N)cc3)c2=Cc2ccc(OC)cc2)cc1. The second-order valence-electron chi connectivity index (χ2n) is 8.32. The van der Waals surface area contributed by atoms with Gasteiger partial charge in [-0.1, -0.05) is 36.4 Å². The molecule has 0 atom stereocenters. The summed E-state index contributed by atoms with van der Waals surface area (Å²) in [4.78, 5) is 0. The number of anilines is 2. The highest BCUT2D eigenvalue weighted by atomic mass is 16.5. The minimum atomic E-state index is 0.735. The van der Waals surface area contributed by atoms with Gasteiger partial charge in [-0.3, -0.25) is 0 Å². The van der Waals surface area contributed by atoms with Crippen molar-refractivity contribution in [1.82, 2.24) is 0 Å². The van der Waals surface area contributed by atoms with Crippen molar-refractivity contribution in [2.45, 2.75) is 13.8 Å². The molecular formula is C30H30N2O2. The van der Waals surface area contributed by atoms with Gasteiger partial charge in [0.05, 0.1) is 14.2 Å². The van der Waals surface area contributed by atoms with Gasteiger partial charge in [0, 0.05) is 16.6 Å². The monoisotopic (exact) mass is 450 g/mol. The van der Waals surface area contributed by atoms with Crippen molar-refractivity contribution in [3.05, 3.63) is 105 Å². The molecule has 172 valence electrons. The Bertz CT molecular complexity index is 1420. The average Bonchev–Trinajstić information content (AvgIpc) is 2.87. The van der Waals surface area contributed by atoms with E-state index in [1.165, 1.54) is 0 Å². The van der Waals surface area contributed by atoms with Gasteiger partial charge in [0.1, 0.15) is 11.5 Å². The third-order valence-corrected chi connectivity index (χ3v) is 6.24. The fourth-order valence-corrected chi connectivity index (χ4v) is 4.13. The molecule has 0 aromatic heterocycles. The molecule has 0 aliphatic carbocycles. The number of hydrogen-bond acceptors (Lipinski definition) is 4. The molecule has 0 spiro atoms. The molecule has 0 aliphatic rings. The molecule has 4 aromatic carbocycles. The van der Waals surface area contributed by atoms with E-state index in [2.05, 4.69) is 38.1 Å². The van der Waals surface area contributed by atoms with Gasteiger partial charge in [0.25, 0.3) is 0 Å². The quantitative estimate of drug-likeness (QED) is 0.428. The van der Waals surface area contributed by atoms with Crippen molar-refractivity contribution in [3.8, 4) is 22.6 Å². The molecule has 0 amide bonds. The second-order valence-corrected chi connectivity index (χ2v) is 8.32. The Hall–Kier alpha value is -4.18. The van der Waals surface area contributed by atoms with Gasteiger partial charge < -0.3 is 20.9 Å². The van der Waals surface area contributed by atoms with E-state index in [4.69, 9.17) is 20.9 Å². The highest BCUT2D eigenvalue weighted by Gasteiger charge is 2.13. The highest BCUT2D eigenvalue weighted by molar-refractivity contribution is 5.78. The fourth-order valence-electron chi connectivity index (χ4n) is 4.13. The molecule has 0 aliphatic heterocycles. The van der Waals surface area contributed by atoms with Crippen molar-refractivity contribution in [2.24, 2.45) is 0 Å². The third-order valence-electron chi connectivity index (χ3n) is 6.24. The summed E-state index contributed by atoms with van der Waals surface area (Å²) in [6, 6.07) is 24.0. The first-order valence-electron chi connectivity index (χ1n) is 11.2. The molecule has 4 N–H and O–H groups in total. The molecule has 34 heavy (non-hydrogen) atoms. The molecular weight excluding hydrogens is 420 g/mol. The van der Waals surface area contributed by atoms with Gasteiger partial charge in [0.15, 0.2) is 0 Å². The normalized spacial score (nSPS) is 12.1. The van der Waals surface area contributed by atoms with Crippen molar-refractivity contribution in [1.29, 1.82) is 0 Å². The van der Waals surface area contributed by atoms with Crippen LogP contribution in [0.2, 0.25) is 0 Å². The van der Waals surface area contributed by atoms with E-state index in [9.17, 15) is 0 Å². The summed E-state index contributed by atoms with van der Waals surface area (Å²) in [7, 11) is 3.34. The van der Waals surface area contributed by atoms with Gasteiger partial charge in [-0.25, -0.2) is 0 Å². The van der Waals surface area contributed by atoms with Crippen LogP contribution in [0.3, 0.4) is 0 Å². The van der Waals surface area contributed by atoms with Crippen LogP contribution in [0.25, 0.3) is 23.3 Å². The van der Waals surface area contributed by atoms with Crippen molar-refractivity contribution < 1.29 is 9.47 Å². The zero-order valence-electron chi connectivity index (χ0n) is 20.1. The molecule has 0 heterocycles. The molecule has 4 heteroatoms. The minimum Gasteiger partial charge on any atom is -0.497 e. The first-order chi connectivity index (χ1) is 16.4. The van der Waals surface area contributed by atoms with E-state index in [0.29, 0.717) is 0 Å². The molecule has 0 saturated heterocycles.